The molecular formula is C17H28. The molecule has 0 aliphatic heterocycles. The molecule has 0 bridgehead atoms. The Morgan fingerprint density at radius 3 is 1.47 bits per heavy atom. The lowest BCUT2D eigenvalue weighted by molar-refractivity contribution is 0.500. The summed E-state index contributed by atoms with van der Waals surface area (Å²) < 4.78 is 0. The molecule has 0 radical (unpaired) electrons. The number of hydrogen-bond donors (Lipinski definition) is 0. The molecule has 0 aromatic rings. The zero-order chi connectivity index (χ0) is 11.5. The van der Waals surface area contributed by atoms with E-state index in [-0.39, 0.29) is 0 Å². The van der Waals surface area contributed by atoms with Crippen molar-refractivity contribution in [2.24, 2.45) is 17.8 Å². The van der Waals surface area contributed by atoms with Crippen LogP contribution in [0.5, 0.6) is 0 Å². The van der Waals surface area contributed by atoms with Crippen LogP contribution in [0.4, 0.5) is 0 Å². The standard InChI is InChI=1S/C17H28/c1-2-8-14(7-1)13-17(15-9-3-4-10-15)16-11-5-6-12-16/h13-16H,1-12H2. The highest BCUT2D eigenvalue weighted by atomic mass is 14.3. The summed E-state index contributed by atoms with van der Waals surface area (Å²) in [6.45, 7) is 0. The minimum atomic E-state index is 0.964. The van der Waals surface area contributed by atoms with E-state index in [2.05, 4.69) is 6.08 Å². The van der Waals surface area contributed by atoms with Gasteiger partial charge in [-0.15, -0.1) is 0 Å². The molecule has 0 unspecified atom stereocenters. The van der Waals surface area contributed by atoms with Gasteiger partial charge in [-0.2, -0.15) is 0 Å². The SMILES string of the molecule is C(=C(C1CCCC1)C1CCCC1)C1CCCC1. The summed E-state index contributed by atoms with van der Waals surface area (Å²) in [6, 6.07) is 0. The van der Waals surface area contributed by atoms with E-state index in [1.807, 2.05) is 5.57 Å². The second-order valence-corrected chi connectivity index (χ2v) is 6.67. The largest absolute Gasteiger partial charge is 0.0817 e. The molecule has 0 N–H and O–H groups in total. The summed E-state index contributed by atoms with van der Waals surface area (Å²) in [5.41, 5.74) is 1.94. The fourth-order valence-corrected chi connectivity index (χ4v) is 4.52. The van der Waals surface area contributed by atoms with Crippen LogP contribution in [-0.4, -0.2) is 0 Å². The monoisotopic (exact) mass is 232 g/mol. The Balaban J connectivity index is 1.73. The van der Waals surface area contributed by atoms with Gasteiger partial charge in [-0.25, -0.2) is 0 Å². The number of allylic oxidation sites excluding steroid dienone is 2. The van der Waals surface area contributed by atoms with Gasteiger partial charge in [0.15, 0.2) is 0 Å². The summed E-state index contributed by atoms with van der Waals surface area (Å²) in [6.07, 6.45) is 20.8. The molecule has 0 heterocycles. The molecule has 0 saturated heterocycles. The van der Waals surface area contributed by atoms with Gasteiger partial charge < -0.3 is 0 Å². The van der Waals surface area contributed by atoms with Gasteiger partial charge in [0.05, 0.1) is 0 Å². The first-order valence-corrected chi connectivity index (χ1v) is 8.15. The lowest BCUT2D eigenvalue weighted by atomic mass is 9.83. The molecule has 3 aliphatic carbocycles. The summed E-state index contributed by atoms with van der Waals surface area (Å²) in [4.78, 5) is 0. The fraction of sp³-hybridized carbons (Fsp3) is 0.882. The minimum absolute atomic E-state index is 0.964. The van der Waals surface area contributed by atoms with Gasteiger partial charge in [-0.3, -0.25) is 0 Å². The second kappa shape index (κ2) is 5.59. The van der Waals surface area contributed by atoms with Crippen molar-refractivity contribution in [2.75, 3.05) is 0 Å². The molecule has 3 saturated carbocycles. The van der Waals surface area contributed by atoms with Crippen molar-refractivity contribution >= 4 is 0 Å². The third-order valence-electron chi connectivity index (χ3n) is 5.48. The Bertz CT molecular complexity index is 240. The summed E-state index contributed by atoms with van der Waals surface area (Å²) in [5, 5.41) is 0. The highest BCUT2D eigenvalue weighted by Gasteiger charge is 2.28. The summed E-state index contributed by atoms with van der Waals surface area (Å²) >= 11 is 0. The predicted octanol–water partition coefficient (Wildman–Crippen LogP) is 5.48. The topological polar surface area (TPSA) is 0 Å². The van der Waals surface area contributed by atoms with Crippen LogP contribution >= 0.6 is 0 Å². The van der Waals surface area contributed by atoms with Gasteiger partial charge in [0, 0.05) is 0 Å². The van der Waals surface area contributed by atoms with E-state index in [9.17, 15) is 0 Å². The van der Waals surface area contributed by atoms with E-state index in [1.54, 1.807) is 0 Å². The van der Waals surface area contributed by atoms with E-state index in [0.29, 0.717) is 0 Å². The Morgan fingerprint density at radius 2 is 1.00 bits per heavy atom. The maximum Gasteiger partial charge on any atom is -0.0200 e. The maximum atomic E-state index is 2.78. The predicted molar refractivity (Wildman–Crippen MR) is 74.0 cm³/mol. The van der Waals surface area contributed by atoms with E-state index in [4.69, 9.17) is 0 Å². The molecule has 3 fully saturated rings. The molecule has 0 aromatic carbocycles. The van der Waals surface area contributed by atoms with E-state index in [1.165, 1.54) is 77.0 Å². The highest BCUT2D eigenvalue weighted by Crippen LogP contribution is 2.43. The van der Waals surface area contributed by atoms with Crippen molar-refractivity contribution < 1.29 is 0 Å². The van der Waals surface area contributed by atoms with Crippen LogP contribution in [0.1, 0.15) is 77.0 Å². The van der Waals surface area contributed by atoms with Crippen molar-refractivity contribution in [3.8, 4) is 0 Å². The Kier molecular flexibility index (Phi) is 3.88. The lowest BCUT2D eigenvalue weighted by Gasteiger charge is -2.23. The summed E-state index contributed by atoms with van der Waals surface area (Å²) in [7, 11) is 0. The van der Waals surface area contributed by atoms with Gasteiger partial charge in [-0.05, 0) is 56.3 Å². The molecule has 0 nitrogen and oxygen atoms in total. The van der Waals surface area contributed by atoms with Crippen LogP contribution in [0.3, 0.4) is 0 Å². The first kappa shape index (κ1) is 11.8. The Morgan fingerprint density at radius 1 is 0.588 bits per heavy atom. The number of hydrogen-bond acceptors (Lipinski definition) is 0. The first-order valence-electron chi connectivity index (χ1n) is 8.15. The Hall–Kier alpha value is -0.260. The molecule has 96 valence electrons. The van der Waals surface area contributed by atoms with E-state index >= 15 is 0 Å². The van der Waals surface area contributed by atoms with Crippen LogP contribution in [0.25, 0.3) is 0 Å². The lowest BCUT2D eigenvalue weighted by Crippen LogP contribution is -2.10. The van der Waals surface area contributed by atoms with Gasteiger partial charge in [0.2, 0.25) is 0 Å². The van der Waals surface area contributed by atoms with Crippen LogP contribution in [0.15, 0.2) is 11.6 Å². The zero-order valence-electron chi connectivity index (χ0n) is 11.3. The molecule has 0 amide bonds. The van der Waals surface area contributed by atoms with Gasteiger partial charge in [0.1, 0.15) is 0 Å². The highest BCUT2D eigenvalue weighted by molar-refractivity contribution is 5.15. The third-order valence-corrected chi connectivity index (χ3v) is 5.48. The molecule has 0 heteroatoms. The van der Waals surface area contributed by atoms with Crippen LogP contribution < -0.4 is 0 Å². The minimum Gasteiger partial charge on any atom is -0.0817 e. The molecule has 17 heavy (non-hydrogen) atoms. The average molecular weight is 232 g/mol. The molecule has 0 spiro atoms. The van der Waals surface area contributed by atoms with Gasteiger partial charge in [0.25, 0.3) is 0 Å². The van der Waals surface area contributed by atoms with Crippen LogP contribution in [-0.2, 0) is 0 Å². The molecule has 0 atom stereocenters. The van der Waals surface area contributed by atoms with Gasteiger partial charge in [-0.1, -0.05) is 50.2 Å². The normalized spacial score (nSPS) is 28.0. The average Bonchev–Trinajstić information content (AvgIpc) is 3.09. The molecular weight excluding hydrogens is 204 g/mol. The maximum absolute atomic E-state index is 2.78. The zero-order valence-corrected chi connectivity index (χ0v) is 11.3. The van der Waals surface area contributed by atoms with Crippen molar-refractivity contribution in [1.29, 1.82) is 0 Å². The molecule has 0 aromatic heterocycles. The van der Waals surface area contributed by atoms with Crippen molar-refractivity contribution in [1.82, 2.24) is 0 Å². The first-order chi connectivity index (χ1) is 8.43. The fourth-order valence-electron chi connectivity index (χ4n) is 4.52. The second-order valence-electron chi connectivity index (χ2n) is 6.67. The number of rotatable bonds is 3. The Labute approximate surface area is 107 Å². The van der Waals surface area contributed by atoms with Crippen molar-refractivity contribution in [2.45, 2.75) is 77.0 Å². The molecule has 3 rings (SSSR count). The third kappa shape index (κ3) is 2.77. The van der Waals surface area contributed by atoms with E-state index < -0.39 is 0 Å². The smallest absolute Gasteiger partial charge is 0.0200 e. The summed E-state index contributed by atoms with van der Waals surface area (Å²) in [5.74, 6) is 2.96. The van der Waals surface area contributed by atoms with Gasteiger partial charge >= 0.3 is 0 Å². The van der Waals surface area contributed by atoms with E-state index in [0.717, 1.165) is 17.8 Å². The van der Waals surface area contributed by atoms with Crippen LogP contribution in [0, 0.1) is 17.8 Å². The van der Waals surface area contributed by atoms with Crippen LogP contribution in [0.2, 0.25) is 0 Å². The quantitative estimate of drug-likeness (QED) is 0.565. The molecule has 3 aliphatic rings. The van der Waals surface area contributed by atoms with Crippen molar-refractivity contribution in [3.05, 3.63) is 11.6 Å². The van der Waals surface area contributed by atoms with Crippen molar-refractivity contribution in [3.63, 3.8) is 0 Å².